The van der Waals surface area contributed by atoms with Crippen molar-refractivity contribution in [2.45, 2.75) is 19.1 Å². The van der Waals surface area contributed by atoms with Gasteiger partial charge in [0.15, 0.2) is 0 Å². The van der Waals surface area contributed by atoms with Crippen molar-refractivity contribution in [1.82, 2.24) is 4.90 Å². The van der Waals surface area contributed by atoms with Crippen molar-refractivity contribution in [3.63, 3.8) is 0 Å². The fourth-order valence-corrected chi connectivity index (χ4v) is 2.08. The van der Waals surface area contributed by atoms with Crippen molar-refractivity contribution in [2.75, 3.05) is 26.3 Å². The lowest BCUT2D eigenvalue weighted by atomic mass is 10.1. The number of aliphatic hydroxyl groups excluding tert-OH is 2. The van der Waals surface area contributed by atoms with Gasteiger partial charge in [-0.3, -0.25) is 4.90 Å². The first-order chi connectivity index (χ1) is 9.38. The van der Waals surface area contributed by atoms with Crippen LogP contribution in [0.25, 0.3) is 0 Å². The number of halogens is 4. The molecule has 0 saturated carbocycles. The smallest absolute Gasteiger partial charge is 0.396 e. The van der Waals surface area contributed by atoms with E-state index in [2.05, 4.69) is 0 Å². The highest BCUT2D eigenvalue weighted by Crippen LogP contribution is 2.35. The number of hydrogen-bond donors (Lipinski definition) is 2. The van der Waals surface area contributed by atoms with Crippen LogP contribution in [0.5, 0.6) is 0 Å². The summed E-state index contributed by atoms with van der Waals surface area (Å²) in [6, 6.07) is 3.77. The molecule has 0 aromatic heterocycles. The molecule has 0 aliphatic carbocycles. The van der Waals surface area contributed by atoms with Crippen LogP contribution >= 0.6 is 11.6 Å². The molecule has 0 saturated heterocycles. The lowest BCUT2D eigenvalue weighted by Crippen LogP contribution is -2.28. The summed E-state index contributed by atoms with van der Waals surface area (Å²) in [7, 11) is 0. The number of nitrogens with zero attached hydrogens (tertiary/aromatic N) is 1. The molecule has 0 aliphatic heterocycles. The Hall–Kier alpha value is -0.820. The molecule has 0 aliphatic rings. The van der Waals surface area contributed by atoms with Crippen LogP contribution < -0.4 is 0 Å². The molecule has 3 nitrogen and oxygen atoms in total. The summed E-state index contributed by atoms with van der Waals surface area (Å²) >= 11 is 5.56. The lowest BCUT2D eigenvalue weighted by molar-refractivity contribution is -0.137. The second-order valence-corrected chi connectivity index (χ2v) is 4.80. The zero-order chi connectivity index (χ0) is 15.2. The van der Waals surface area contributed by atoms with Crippen LogP contribution in [0.1, 0.15) is 17.5 Å². The summed E-state index contributed by atoms with van der Waals surface area (Å²) in [5.74, 6) is 0. The quantitative estimate of drug-likeness (QED) is 0.813. The van der Waals surface area contributed by atoms with Gasteiger partial charge in [-0.15, -0.1) is 0 Å². The van der Waals surface area contributed by atoms with E-state index >= 15 is 0 Å². The molecule has 2 N–H and O–H groups in total. The third-order valence-corrected chi connectivity index (χ3v) is 3.12. The fraction of sp³-hybridized carbons (Fsp3) is 0.538. The van der Waals surface area contributed by atoms with E-state index in [-0.39, 0.29) is 24.8 Å². The largest absolute Gasteiger partial charge is 0.417 e. The second kappa shape index (κ2) is 7.83. The zero-order valence-corrected chi connectivity index (χ0v) is 11.6. The third-order valence-electron chi connectivity index (χ3n) is 2.79. The molecular formula is C13H17ClF3NO2. The van der Waals surface area contributed by atoms with Gasteiger partial charge < -0.3 is 10.2 Å². The summed E-state index contributed by atoms with van der Waals surface area (Å²) in [5.41, 5.74) is -0.393. The van der Waals surface area contributed by atoms with E-state index in [0.29, 0.717) is 25.1 Å². The molecule has 20 heavy (non-hydrogen) atoms. The van der Waals surface area contributed by atoms with Crippen LogP contribution in [0.4, 0.5) is 13.2 Å². The predicted molar refractivity (Wildman–Crippen MR) is 70.5 cm³/mol. The Bertz CT molecular complexity index is 427. The van der Waals surface area contributed by atoms with Gasteiger partial charge in [0.1, 0.15) is 0 Å². The van der Waals surface area contributed by atoms with Crippen molar-refractivity contribution in [1.29, 1.82) is 0 Å². The van der Waals surface area contributed by atoms with E-state index in [4.69, 9.17) is 21.8 Å². The molecule has 1 aromatic rings. The number of alkyl halides is 3. The Morgan fingerprint density at radius 2 is 1.80 bits per heavy atom. The molecule has 0 fully saturated rings. The highest BCUT2D eigenvalue weighted by Gasteiger charge is 2.33. The van der Waals surface area contributed by atoms with Crippen LogP contribution in [0.15, 0.2) is 18.2 Å². The van der Waals surface area contributed by atoms with Gasteiger partial charge >= 0.3 is 6.18 Å². The third kappa shape index (κ3) is 5.28. The lowest BCUT2D eigenvalue weighted by Gasteiger charge is -2.21. The minimum absolute atomic E-state index is 0.00362. The van der Waals surface area contributed by atoms with E-state index < -0.39 is 11.7 Å². The van der Waals surface area contributed by atoms with Crippen LogP contribution in [0.3, 0.4) is 0 Å². The SMILES string of the molecule is OCCCN(CCO)Cc1ccc(Cl)c(C(F)(F)F)c1. The summed E-state index contributed by atoms with van der Waals surface area (Å²) in [4.78, 5) is 1.78. The average molecular weight is 312 g/mol. The molecule has 1 rings (SSSR count). The van der Waals surface area contributed by atoms with Gasteiger partial charge in [-0.05, 0) is 24.1 Å². The fourth-order valence-electron chi connectivity index (χ4n) is 1.85. The minimum atomic E-state index is -4.49. The van der Waals surface area contributed by atoms with E-state index in [1.165, 1.54) is 12.1 Å². The highest BCUT2D eigenvalue weighted by molar-refractivity contribution is 6.31. The van der Waals surface area contributed by atoms with Gasteiger partial charge in [0, 0.05) is 26.2 Å². The maximum Gasteiger partial charge on any atom is 0.417 e. The Morgan fingerprint density at radius 1 is 1.10 bits per heavy atom. The Labute approximate surface area is 120 Å². The normalized spacial score (nSPS) is 12.2. The highest BCUT2D eigenvalue weighted by atomic mass is 35.5. The monoisotopic (exact) mass is 311 g/mol. The molecule has 114 valence electrons. The number of aliphatic hydroxyl groups is 2. The van der Waals surface area contributed by atoms with Gasteiger partial charge in [0.2, 0.25) is 0 Å². The van der Waals surface area contributed by atoms with Gasteiger partial charge in [0.25, 0.3) is 0 Å². The molecular weight excluding hydrogens is 295 g/mol. The van der Waals surface area contributed by atoms with Crippen LogP contribution in [-0.2, 0) is 12.7 Å². The van der Waals surface area contributed by atoms with Crippen molar-refractivity contribution in [2.24, 2.45) is 0 Å². The first kappa shape index (κ1) is 17.2. The molecule has 1 aromatic carbocycles. The predicted octanol–water partition coefficient (Wildman–Crippen LogP) is 2.54. The first-order valence-corrected chi connectivity index (χ1v) is 6.56. The molecule has 0 spiro atoms. The van der Waals surface area contributed by atoms with E-state index in [1.54, 1.807) is 4.90 Å². The first-order valence-electron chi connectivity index (χ1n) is 6.18. The molecule has 7 heteroatoms. The Morgan fingerprint density at radius 3 is 2.35 bits per heavy atom. The standard InChI is InChI=1S/C13H17ClF3NO2/c14-12-3-2-10(8-11(12)13(15,16)17)9-18(5-7-20)4-1-6-19/h2-3,8,19-20H,1,4-7,9H2. The van der Waals surface area contributed by atoms with E-state index in [0.717, 1.165) is 6.07 Å². The summed E-state index contributed by atoms with van der Waals surface area (Å²) < 4.78 is 38.2. The topological polar surface area (TPSA) is 43.7 Å². The van der Waals surface area contributed by atoms with Crippen molar-refractivity contribution in [3.05, 3.63) is 34.3 Å². The summed E-state index contributed by atoms with van der Waals surface area (Å²) in [6.45, 7) is 1.01. The Balaban J connectivity index is 2.85. The van der Waals surface area contributed by atoms with Gasteiger partial charge in [0.05, 0.1) is 17.2 Å². The molecule has 0 radical (unpaired) electrons. The summed E-state index contributed by atoms with van der Waals surface area (Å²) in [5, 5.41) is 17.4. The van der Waals surface area contributed by atoms with Gasteiger partial charge in [-0.2, -0.15) is 13.2 Å². The second-order valence-electron chi connectivity index (χ2n) is 4.39. The molecule has 0 heterocycles. The summed E-state index contributed by atoms with van der Waals surface area (Å²) in [6.07, 6.45) is -3.99. The Kier molecular flexibility index (Phi) is 6.75. The van der Waals surface area contributed by atoms with E-state index in [1.807, 2.05) is 0 Å². The molecule has 0 unspecified atom stereocenters. The van der Waals surface area contributed by atoms with Crippen LogP contribution in [-0.4, -0.2) is 41.4 Å². The van der Waals surface area contributed by atoms with E-state index in [9.17, 15) is 13.2 Å². The zero-order valence-electron chi connectivity index (χ0n) is 10.8. The molecule has 0 atom stereocenters. The maximum absolute atomic E-state index is 12.7. The van der Waals surface area contributed by atoms with Crippen molar-refractivity contribution >= 4 is 11.6 Å². The molecule has 0 bridgehead atoms. The number of hydrogen-bond acceptors (Lipinski definition) is 3. The van der Waals surface area contributed by atoms with Gasteiger partial charge in [-0.25, -0.2) is 0 Å². The average Bonchev–Trinajstić information content (AvgIpc) is 2.37. The maximum atomic E-state index is 12.7. The van der Waals surface area contributed by atoms with Gasteiger partial charge in [-0.1, -0.05) is 17.7 Å². The van der Waals surface area contributed by atoms with Crippen molar-refractivity contribution in [3.8, 4) is 0 Å². The van der Waals surface area contributed by atoms with Crippen LogP contribution in [0, 0.1) is 0 Å². The van der Waals surface area contributed by atoms with Crippen molar-refractivity contribution < 1.29 is 23.4 Å². The minimum Gasteiger partial charge on any atom is -0.396 e. The van der Waals surface area contributed by atoms with Crippen LogP contribution in [0.2, 0.25) is 5.02 Å². The molecule has 0 amide bonds. The number of benzene rings is 1. The number of rotatable bonds is 7.